The van der Waals surface area contributed by atoms with Crippen LogP contribution in [0.2, 0.25) is 0 Å². The summed E-state index contributed by atoms with van der Waals surface area (Å²) in [6.07, 6.45) is 5.46. The van der Waals surface area contributed by atoms with E-state index in [1.165, 1.54) is 24.3 Å². The number of ketones is 4. The fourth-order valence-electron chi connectivity index (χ4n) is 7.01. The first-order chi connectivity index (χ1) is 22.9. The van der Waals surface area contributed by atoms with Gasteiger partial charge in [-0.2, -0.15) is 0 Å². The third-order valence-corrected chi connectivity index (χ3v) is 9.42. The first-order valence-corrected chi connectivity index (χ1v) is 15.7. The average Bonchev–Trinajstić information content (AvgIpc) is 3.63. The zero-order valence-electron chi connectivity index (χ0n) is 25.3. The van der Waals surface area contributed by atoms with Crippen molar-refractivity contribution < 1.29 is 19.2 Å². The van der Waals surface area contributed by atoms with Crippen LogP contribution in [-0.4, -0.2) is 23.1 Å². The summed E-state index contributed by atoms with van der Waals surface area (Å²) in [5.41, 5.74) is 7.07. The van der Waals surface area contributed by atoms with Crippen molar-refractivity contribution in [1.82, 2.24) is 0 Å². The Hall–Kier alpha value is -6.00. The van der Waals surface area contributed by atoms with E-state index in [2.05, 4.69) is 72.8 Å². The maximum absolute atomic E-state index is 12.4. The largest absolute Gasteiger partial charge is 0.294 e. The SMILES string of the molecule is O=C1C=CC(=O)C1c1ccc2cc(C(c3ccc(-c4ccccc4)cc3)c3ccc4cc(C5C(=O)C=CC5=O)ccc4c3)ccc2c1. The number of rotatable bonds is 6. The number of hydrogen-bond acceptors (Lipinski definition) is 4. The van der Waals surface area contributed by atoms with E-state index in [0.29, 0.717) is 11.1 Å². The van der Waals surface area contributed by atoms with Gasteiger partial charge in [0.2, 0.25) is 0 Å². The van der Waals surface area contributed by atoms with Gasteiger partial charge in [-0.25, -0.2) is 0 Å². The highest BCUT2D eigenvalue weighted by Crippen LogP contribution is 2.37. The summed E-state index contributed by atoms with van der Waals surface area (Å²) in [6, 6.07) is 43.4. The Morgan fingerprint density at radius 3 is 1.21 bits per heavy atom. The Labute approximate surface area is 271 Å². The van der Waals surface area contributed by atoms with Crippen molar-refractivity contribution in [2.45, 2.75) is 17.8 Å². The molecule has 0 bridgehead atoms. The van der Waals surface area contributed by atoms with E-state index in [9.17, 15) is 19.2 Å². The fourth-order valence-corrected chi connectivity index (χ4v) is 7.01. The molecule has 0 N–H and O–H groups in total. The molecule has 6 aromatic rings. The molecule has 0 aliphatic heterocycles. The summed E-state index contributed by atoms with van der Waals surface area (Å²) in [4.78, 5) is 49.4. The van der Waals surface area contributed by atoms with Crippen molar-refractivity contribution >= 4 is 44.7 Å². The monoisotopic (exact) mass is 608 g/mol. The van der Waals surface area contributed by atoms with Crippen LogP contribution in [-0.2, 0) is 19.2 Å². The summed E-state index contributed by atoms with van der Waals surface area (Å²) < 4.78 is 0. The van der Waals surface area contributed by atoms with E-state index in [1.54, 1.807) is 0 Å². The topological polar surface area (TPSA) is 68.3 Å². The summed E-state index contributed by atoms with van der Waals surface area (Å²) in [7, 11) is 0. The van der Waals surface area contributed by atoms with Crippen molar-refractivity contribution in [1.29, 1.82) is 0 Å². The lowest BCUT2D eigenvalue weighted by atomic mass is 9.82. The second kappa shape index (κ2) is 11.4. The zero-order valence-corrected chi connectivity index (χ0v) is 25.3. The highest BCUT2D eigenvalue weighted by Gasteiger charge is 2.31. The van der Waals surface area contributed by atoms with Crippen LogP contribution in [0.15, 0.2) is 152 Å². The number of benzene rings is 6. The molecule has 4 nitrogen and oxygen atoms in total. The van der Waals surface area contributed by atoms with Crippen LogP contribution in [0, 0.1) is 0 Å². The molecule has 0 spiro atoms. The molecular weight excluding hydrogens is 580 g/mol. The normalized spacial score (nSPS) is 15.3. The molecule has 0 amide bonds. The molecule has 224 valence electrons. The maximum Gasteiger partial charge on any atom is 0.171 e. The Bertz CT molecular complexity index is 2170. The summed E-state index contributed by atoms with van der Waals surface area (Å²) in [6.45, 7) is 0. The first kappa shape index (κ1) is 28.5. The minimum Gasteiger partial charge on any atom is -0.294 e. The van der Waals surface area contributed by atoms with Crippen molar-refractivity contribution in [2.75, 3.05) is 0 Å². The van der Waals surface area contributed by atoms with Crippen LogP contribution in [0.1, 0.15) is 45.6 Å². The van der Waals surface area contributed by atoms with Gasteiger partial charge in [0.25, 0.3) is 0 Å². The highest BCUT2D eigenvalue weighted by molar-refractivity contribution is 6.23. The zero-order chi connectivity index (χ0) is 32.1. The van der Waals surface area contributed by atoms with Crippen molar-refractivity contribution in [3.05, 3.63) is 180 Å². The van der Waals surface area contributed by atoms with Crippen LogP contribution < -0.4 is 0 Å². The van der Waals surface area contributed by atoms with Gasteiger partial charge in [0, 0.05) is 5.92 Å². The lowest BCUT2D eigenvalue weighted by Crippen LogP contribution is -2.12. The second-order valence-electron chi connectivity index (χ2n) is 12.3. The Morgan fingerprint density at radius 2 is 0.745 bits per heavy atom. The van der Waals surface area contributed by atoms with Gasteiger partial charge < -0.3 is 0 Å². The molecule has 4 heteroatoms. The summed E-state index contributed by atoms with van der Waals surface area (Å²) in [5.74, 6) is -2.29. The number of allylic oxidation sites excluding steroid dienone is 4. The third kappa shape index (κ3) is 5.14. The van der Waals surface area contributed by atoms with E-state index in [0.717, 1.165) is 49.4 Å². The van der Waals surface area contributed by atoms with E-state index in [1.807, 2.05) is 54.6 Å². The molecule has 0 radical (unpaired) electrons. The van der Waals surface area contributed by atoms with Gasteiger partial charge in [0.1, 0.15) is 11.8 Å². The van der Waals surface area contributed by atoms with Crippen LogP contribution in [0.3, 0.4) is 0 Å². The van der Waals surface area contributed by atoms with Crippen LogP contribution in [0.5, 0.6) is 0 Å². The van der Waals surface area contributed by atoms with E-state index < -0.39 is 11.8 Å². The smallest absolute Gasteiger partial charge is 0.171 e. The second-order valence-corrected chi connectivity index (χ2v) is 12.3. The summed E-state index contributed by atoms with van der Waals surface area (Å²) >= 11 is 0. The van der Waals surface area contributed by atoms with Crippen LogP contribution in [0.4, 0.5) is 0 Å². The van der Waals surface area contributed by atoms with Gasteiger partial charge in [-0.3, -0.25) is 19.2 Å². The molecule has 0 unspecified atom stereocenters. The maximum atomic E-state index is 12.4. The Kier molecular flexibility index (Phi) is 6.92. The minimum atomic E-state index is -0.755. The molecule has 2 aliphatic rings. The van der Waals surface area contributed by atoms with Gasteiger partial charge in [-0.05, 0) is 96.9 Å². The standard InChI is InChI=1S/C43H28O4/c44-37-18-19-38(45)42(37)35-16-12-29-22-33(14-10-31(29)24-35)41(28-8-6-27(7-9-28)26-4-2-1-3-5-26)34-15-11-32-25-36(17-13-30(32)23-34)43-39(46)20-21-40(43)47/h1-25,41-43H. The number of hydrogen-bond donors (Lipinski definition) is 0. The fraction of sp³-hybridized carbons (Fsp3) is 0.0698. The summed E-state index contributed by atoms with van der Waals surface area (Å²) in [5, 5.41) is 3.97. The number of fused-ring (bicyclic) bond motifs is 2. The van der Waals surface area contributed by atoms with Crippen molar-refractivity contribution in [3.63, 3.8) is 0 Å². The van der Waals surface area contributed by atoms with Gasteiger partial charge in [-0.15, -0.1) is 0 Å². The molecule has 0 saturated heterocycles. The molecular formula is C43H28O4. The molecule has 2 aliphatic carbocycles. The molecule has 0 fully saturated rings. The lowest BCUT2D eigenvalue weighted by molar-refractivity contribution is -0.124. The molecule has 0 aromatic heterocycles. The van der Waals surface area contributed by atoms with Gasteiger partial charge in [0.05, 0.1) is 0 Å². The van der Waals surface area contributed by atoms with E-state index in [-0.39, 0.29) is 29.1 Å². The van der Waals surface area contributed by atoms with Crippen LogP contribution >= 0.6 is 0 Å². The quantitative estimate of drug-likeness (QED) is 0.141. The molecule has 8 rings (SSSR count). The molecule has 6 aromatic carbocycles. The van der Waals surface area contributed by atoms with Crippen molar-refractivity contribution in [3.8, 4) is 11.1 Å². The predicted octanol–water partition coefficient (Wildman–Crippen LogP) is 8.42. The van der Waals surface area contributed by atoms with Gasteiger partial charge in [0.15, 0.2) is 23.1 Å². The molecule has 0 heterocycles. The Balaban J connectivity index is 1.21. The molecule has 0 atom stereocenters. The van der Waals surface area contributed by atoms with Gasteiger partial charge >= 0.3 is 0 Å². The van der Waals surface area contributed by atoms with Crippen LogP contribution in [0.25, 0.3) is 32.7 Å². The number of carbonyl (C=O) groups excluding carboxylic acids is 4. The highest BCUT2D eigenvalue weighted by atomic mass is 16.2. The average molecular weight is 609 g/mol. The van der Waals surface area contributed by atoms with Crippen molar-refractivity contribution in [2.24, 2.45) is 0 Å². The van der Waals surface area contributed by atoms with E-state index >= 15 is 0 Å². The minimum absolute atomic E-state index is 0.0858. The third-order valence-electron chi connectivity index (χ3n) is 9.42. The lowest BCUT2D eigenvalue weighted by Gasteiger charge is -2.21. The first-order valence-electron chi connectivity index (χ1n) is 15.7. The Morgan fingerprint density at radius 1 is 0.362 bits per heavy atom. The van der Waals surface area contributed by atoms with Gasteiger partial charge in [-0.1, -0.05) is 115 Å². The molecule has 47 heavy (non-hydrogen) atoms. The van der Waals surface area contributed by atoms with E-state index in [4.69, 9.17) is 0 Å². The number of carbonyl (C=O) groups is 4. The predicted molar refractivity (Wildman–Crippen MR) is 185 cm³/mol. The molecule has 0 saturated carbocycles.